The van der Waals surface area contributed by atoms with Crippen LogP contribution in [-0.4, -0.2) is 12.6 Å². The van der Waals surface area contributed by atoms with Gasteiger partial charge in [-0.15, -0.1) is 0 Å². The fraction of sp³-hybridized carbons (Fsp3) is 0.235. The Morgan fingerprint density at radius 1 is 1.14 bits per heavy atom. The summed E-state index contributed by atoms with van der Waals surface area (Å²) in [6.45, 7) is 1.44. The van der Waals surface area contributed by atoms with Crippen LogP contribution in [0.15, 0.2) is 48.5 Å². The molecular formula is C17H18N2O2. The van der Waals surface area contributed by atoms with E-state index in [1.54, 1.807) is 12.1 Å². The van der Waals surface area contributed by atoms with Crippen LogP contribution in [-0.2, 0) is 13.0 Å². The zero-order chi connectivity index (χ0) is 14.5. The maximum atomic E-state index is 11.8. The molecule has 2 aromatic carbocycles. The van der Waals surface area contributed by atoms with Gasteiger partial charge in [0.05, 0.1) is 0 Å². The van der Waals surface area contributed by atoms with Gasteiger partial charge in [-0.3, -0.25) is 0 Å². The fourth-order valence-corrected chi connectivity index (χ4v) is 2.53. The van der Waals surface area contributed by atoms with Crippen LogP contribution in [0.4, 0.5) is 10.5 Å². The molecule has 0 radical (unpaired) electrons. The predicted octanol–water partition coefficient (Wildman–Crippen LogP) is 3.33. The van der Waals surface area contributed by atoms with Crippen molar-refractivity contribution in [3.63, 3.8) is 0 Å². The third-order valence-corrected chi connectivity index (χ3v) is 3.54. The minimum absolute atomic E-state index is 0.436. The third-order valence-electron chi connectivity index (χ3n) is 3.54. The van der Waals surface area contributed by atoms with Crippen LogP contribution < -0.4 is 15.4 Å². The quantitative estimate of drug-likeness (QED) is 0.908. The molecule has 4 nitrogen and oxygen atoms in total. The van der Waals surface area contributed by atoms with Gasteiger partial charge in [-0.2, -0.15) is 0 Å². The summed E-state index contributed by atoms with van der Waals surface area (Å²) in [5, 5.41) is 6.21. The number of hydrogen-bond donors (Lipinski definition) is 2. The van der Waals surface area contributed by atoms with Crippen LogP contribution in [0.2, 0.25) is 0 Å². The average molecular weight is 282 g/mol. The van der Waals surface area contributed by atoms with Gasteiger partial charge in [0.1, 0.15) is 5.75 Å². The molecule has 0 aliphatic carbocycles. The molecule has 0 bridgehead atoms. The first kappa shape index (κ1) is 13.5. The largest absolute Gasteiger partial charge is 0.412 e. The van der Waals surface area contributed by atoms with Gasteiger partial charge in [0.2, 0.25) is 0 Å². The van der Waals surface area contributed by atoms with Gasteiger partial charge < -0.3 is 15.4 Å². The van der Waals surface area contributed by atoms with Gasteiger partial charge in [-0.1, -0.05) is 36.4 Å². The van der Waals surface area contributed by atoms with Crippen LogP contribution >= 0.6 is 0 Å². The number of hydrogen-bond acceptors (Lipinski definition) is 3. The molecule has 0 saturated carbocycles. The Balaban J connectivity index is 1.61. The van der Waals surface area contributed by atoms with Gasteiger partial charge >= 0.3 is 6.09 Å². The van der Waals surface area contributed by atoms with E-state index in [1.807, 2.05) is 30.3 Å². The summed E-state index contributed by atoms with van der Waals surface area (Å²) in [4.78, 5) is 11.8. The van der Waals surface area contributed by atoms with Gasteiger partial charge in [-0.25, -0.2) is 4.79 Å². The number of para-hydroxylation sites is 2. The van der Waals surface area contributed by atoms with Crippen LogP contribution in [0.25, 0.3) is 0 Å². The Morgan fingerprint density at radius 3 is 2.86 bits per heavy atom. The molecule has 0 saturated heterocycles. The molecule has 0 atom stereocenters. The van der Waals surface area contributed by atoms with Crippen LogP contribution in [0.3, 0.4) is 0 Å². The third kappa shape index (κ3) is 3.34. The standard InChI is InChI=1S/C17H18N2O2/c20-17(21-15-9-2-1-3-10-15)19-12-14-7-4-6-13-8-5-11-18-16(13)14/h1-4,6-7,9-10,18H,5,8,11-12H2,(H,19,20). The van der Waals surface area contributed by atoms with E-state index in [4.69, 9.17) is 4.74 Å². The Labute approximate surface area is 124 Å². The molecule has 1 aliphatic heterocycles. The number of amides is 1. The Morgan fingerprint density at radius 2 is 2.00 bits per heavy atom. The first-order chi connectivity index (χ1) is 10.3. The molecule has 1 aliphatic rings. The highest BCUT2D eigenvalue weighted by Crippen LogP contribution is 2.25. The number of nitrogens with one attached hydrogen (secondary N) is 2. The Hall–Kier alpha value is -2.49. The van der Waals surface area contributed by atoms with Crippen molar-refractivity contribution in [3.05, 3.63) is 59.7 Å². The van der Waals surface area contributed by atoms with E-state index in [-0.39, 0.29) is 0 Å². The molecule has 2 aromatic rings. The number of carbonyl (C=O) groups excluding carboxylic acids is 1. The molecule has 108 valence electrons. The van der Waals surface area contributed by atoms with Crippen molar-refractivity contribution in [2.45, 2.75) is 19.4 Å². The van der Waals surface area contributed by atoms with Crippen molar-refractivity contribution in [2.75, 3.05) is 11.9 Å². The minimum Gasteiger partial charge on any atom is -0.410 e. The number of benzene rings is 2. The molecule has 3 rings (SSSR count). The van der Waals surface area contributed by atoms with Crippen molar-refractivity contribution in [2.24, 2.45) is 0 Å². The zero-order valence-corrected chi connectivity index (χ0v) is 11.8. The predicted molar refractivity (Wildman–Crippen MR) is 82.6 cm³/mol. The van der Waals surface area contributed by atoms with Crippen LogP contribution in [0, 0.1) is 0 Å². The molecule has 1 amide bonds. The summed E-state index contributed by atoms with van der Waals surface area (Å²) < 4.78 is 5.21. The molecule has 0 spiro atoms. The zero-order valence-electron chi connectivity index (χ0n) is 11.8. The van der Waals surface area contributed by atoms with Gasteiger partial charge in [0.15, 0.2) is 0 Å². The second-order valence-corrected chi connectivity index (χ2v) is 5.04. The van der Waals surface area contributed by atoms with Gasteiger partial charge in [-0.05, 0) is 36.1 Å². The van der Waals surface area contributed by atoms with E-state index in [1.165, 1.54) is 5.56 Å². The van der Waals surface area contributed by atoms with Crippen molar-refractivity contribution in [1.29, 1.82) is 0 Å². The van der Waals surface area contributed by atoms with E-state index >= 15 is 0 Å². The highest BCUT2D eigenvalue weighted by Gasteiger charge is 2.13. The molecule has 0 aromatic heterocycles. The van der Waals surface area contributed by atoms with Crippen molar-refractivity contribution < 1.29 is 9.53 Å². The smallest absolute Gasteiger partial charge is 0.410 e. The molecule has 2 N–H and O–H groups in total. The Bertz CT molecular complexity index is 626. The van der Waals surface area contributed by atoms with E-state index in [9.17, 15) is 4.79 Å². The lowest BCUT2D eigenvalue weighted by atomic mass is 9.99. The highest BCUT2D eigenvalue weighted by atomic mass is 16.5. The molecule has 0 fully saturated rings. The normalized spacial score (nSPS) is 13.0. The molecule has 1 heterocycles. The first-order valence-electron chi connectivity index (χ1n) is 7.18. The maximum Gasteiger partial charge on any atom is 0.412 e. The summed E-state index contributed by atoms with van der Waals surface area (Å²) in [6, 6.07) is 15.3. The van der Waals surface area contributed by atoms with Crippen molar-refractivity contribution in [3.8, 4) is 5.75 Å². The van der Waals surface area contributed by atoms with E-state index in [2.05, 4.69) is 16.7 Å². The average Bonchev–Trinajstić information content (AvgIpc) is 2.54. The second kappa shape index (κ2) is 6.31. The molecule has 4 heteroatoms. The number of anilines is 1. The van der Waals surface area contributed by atoms with Crippen LogP contribution in [0.5, 0.6) is 5.75 Å². The summed E-state index contributed by atoms with van der Waals surface area (Å²) in [6.07, 6.45) is 1.81. The Kier molecular flexibility index (Phi) is 4.05. The summed E-state index contributed by atoms with van der Waals surface area (Å²) in [5.74, 6) is 0.545. The van der Waals surface area contributed by atoms with Crippen LogP contribution in [0.1, 0.15) is 17.5 Å². The monoisotopic (exact) mass is 282 g/mol. The molecule has 21 heavy (non-hydrogen) atoms. The minimum atomic E-state index is -0.436. The summed E-state index contributed by atoms with van der Waals surface area (Å²) >= 11 is 0. The summed E-state index contributed by atoms with van der Waals surface area (Å²) in [5.41, 5.74) is 3.57. The number of fused-ring (bicyclic) bond motifs is 1. The number of aryl methyl sites for hydroxylation is 1. The van der Waals surface area contributed by atoms with E-state index in [0.29, 0.717) is 12.3 Å². The highest BCUT2D eigenvalue weighted by molar-refractivity contribution is 5.71. The second-order valence-electron chi connectivity index (χ2n) is 5.04. The number of ether oxygens (including phenoxy) is 1. The van der Waals surface area contributed by atoms with Crippen molar-refractivity contribution in [1.82, 2.24) is 5.32 Å². The lowest BCUT2D eigenvalue weighted by Gasteiger charge is -2.21. The topological polar surface area (TPSA) is 50.4 Å². The lowest BCUT2D eigenvalue weighted by molar-refractivity contribution is 0.200. The van der Waals surface area contributed by atoms with Gasteiger partial charge in [0.25, 0.3) is 0 Å². The SMILES string of the molecule is O=C(NCc1cccc2c1NCCC2)Oc1ccccc1. The fourth-order valence-electron chi connectivity index (χ4n) is 2.53. The molecule has 0 unspecified atom stereocenters. The number of carbonyl (C=O) groups is 1. The summed E-state index contributed by atoms with van der Waals surface area (Å²) in [7, 11) is 0. The number of rotatable bonds is 3. The maximum absolute atomic E-state index is 11.8. The van der Waals surface area contributed by atoms with E-state index < -0.39 is 6.09 Å². The lowest BCUT2D eigenvalue weighted by Crippen LogP contribution is -2.27. The first-order valence-corrected chi connectivity index (χ1v) is 7.18. The van der Waals surface area contributed by atoms with E-state index in [0.717, 1.165) is 30.6 Å². The molecular weight excluding hydrogens is 264 g/mol. The van der Waals surface area contributed by atoms with Crippen molar-refractivity contribution >= 4 is 11.8 Å². The van der Waals surface area contributed by atoms with Gasteiger partial charge in [0, 0.05) is 18.8 Å².